The molecule has 3 heterocycles. The van der Waals surface area contributed by atoms with E-state index in [1.165, 1.54) is 16.9 Å². The van der Waals surface area contributed by atoms with Gasteiger partial charge < -0.3 is 10.2 Å². The summed E-state index contributed by atoms with van der Waals surface area (Å²) in [4.78, 5) is 35.6. The van der Waals surface area contributed by atoms with Crippen molar-refractivity contribution in [1.82, 2.24) is 20.1 Å². The first kappa shape index (κ1) is 21.8. The van der Waals surface area contributed by atoms with Gasteiger partial charge in [0.25, 0.3) is 0 Å². The number of aromatic nitrogens is 1. The molecule has 166 valence electrons. The number of nitrogens with zero attached hydrogens (tertiary/aromatic N) is 4. The summed E-state index contributed by atoms with van der Waals surface area (Å²) >= 11 is 1.43. The molecule has 0 radical (unpaired) electrons. The number of nitrogens with one attached hydrogen (secondary N) is 1. The zero-order chi connectivity index (χ0) is 21.6. The van der Waals surface area contributed by atoms with Gasteiger partial charge in [0.05, 0.1) is 12.1 Å². The lowest BCUT2D eigenvalue weighted by Crippen LogP contribution is -2.46. The van der Waals surface area contributed by atoms with Crippen LogP contribution in [0.5, 0.6) is 0 Å². The predicted molar refractivity (Wildman–Crippen MR) is 123 cm³/mol. The summed E-state index contributed by atoms with van der Waals surface area (Å²) < 4.78 is 0. The molecule has 2 aromatic rings. The van der Waals surface area contributed by atoms with Crippen LogP contribution < -0.4 is 10.2 Å². The standard InChI is InChI=1S/C23H31N5O2S/c1-2-27(16-19-9-12-26(15-19)14-18-7-4-3-5-8-18)21(29)13-20-17-31-23(25-20)28-11-6-10-24-22(28)30/h3-5,7-8,17,19H,2,6,9-16H2,1H3,(H,24,30). The van der Waals surface area contributed by atoms with Gasteiger partial charge in [-0.05, 0) is 37.8 Å². The van der Waals surface area contributed by atoms with Crippen molar-refractivity contribution < 1.29 is 9.59 Å². The van der Waals surface area contributed by atoms with E-state index in [-0.39, 0.29) is 11.9 Å². The fourth-order valence-corrected chi connectivity index (χ4v) is 5.20. The van der Waals surface area contributed by atoms with Gasteiger partial charge in [-0.15, -0.1) is 11.3 Å². The predicted octanol–water partition coefficient (Wildman–Crippen LogP) is 2.98. The molecule has 4 rings (SSSR count). The first-order valence-corrected chi connectivity index (χ1v) is 12.0. The molecule has 7 nitrogen and oxygen atoms in total. The number of likely N-dealkylation sites (tertiary alicyclic amines) is 1. The lowest BCUT2D eigenvalue weighted by molar-refractivity contribution is -0.130. The quantitative estimate of drug-likeness (QED) is 0.684. The molecule has 0 saturated carbocycles. The van der Waals surface area contributed by atoms with E-state index in [9.17, 15) is 9.59 Å². The number of hydrogen-bond donors (Lipinski definition) is 1. The Bertz CT molecular complexity index is 887. The number of likely N-dealkylation sites (N-methyl/N-ethyl adjacent to an activating group) is 1. The number of carbonyl (C=O) groups excluding carboxylic acids is 2. The SMILES string of the molecule is CCN(CC1CCN(Cc2ccccc2)C1)C(=O)Cc1csc(N2CCCNC2=O)n1. The molecule has 2 aliphatic rings. The molecule has 1 aromatic heterocycles. The Labute approximate surface area is 188 Å². The highest BCUT2D eigenvalue weighted by Gasteiger charge is 2.27. The van der Waals surface area contributed by atoms with E-state index in [1.807, 2.05) is 23.3 Å². The molecule has 2 aliphatic heterocycles. The second-order valence-corrected chi connectivity index (χ2v) is 9.18. The van der Waals surface area contributed by atoms with E-state index >= 15 is 0 Å². The van der Waals surface area contributed by atoms with Crippen LogP contribution in [0.1, 0.15) is 31.0 Å². The molecule has 31 heavy (non-hydrogen) atoms. The Morgan fingerprint density at radius 1 is 1.29 bits per heavy atom. The number of anilines is 1. The van der Waals surface area contributed by atoms with Crippen LogP contribution >= 0.6 is 11.3 Å². The van der Waals surface area contributed by atoms with Gasteiger partial charge in [-0.1, -0.05) is 30.3 Å². The Kier molecular flexibility index (Phi) is 7.19. The molecule has 2 saturated heterocycles. The number of urea groups is 1. The molecule has 1 unspecified atom stereocenters. The lowest BCUT2D eigenvalue weighted by Gasteiger charge is -2.25. The van der Waals surface area contributed by atoms with Gasteiger partial charge in [0, 0.05) is 44.6 Å². The number of benzene rings is 1. The fourth-order valence-electron chi connectivity index (χ4n) is 4.35. The van der Waals surface area contributed by atoms with Crippen LogP contribution in [-0.2, 0) is 17.8 Å². The molecule has 8 heteroatoms. The Morgan fingerprint density at radius 3 is 2.90 bits per heavy atom. The van der Waals surface area contributed by atoms with Gasteiger partial charge >= 0.3 is 6.03 Å². The second kappa shape index (κ2) is 10.2. The summed E-state index contributed by atoms with van der Waals surface area (Å²) in [5.74, 6) is 0.625. The van der Waals surface area contributed by atoms with E-state index < -0.39 is 0 Å². The number of hydrogen-bond acceptors (Lipinski definition) is 5. The van der Waals surface area contributed by atoms with E-state index in [2.05, 4.69) is 39.5 Å². The zero-order valence-corrected chi connectivity index (χ0v) is 18.9. The smallest absolute Gasteiger partial charge is 0.323 e. The molecule has 1 N–H and O–H groups in total. The van der Waals surface area contributed by atoms with Gasteiger partial charge in [-0.3, -0.25) is 14.6 Å². The van der Waals surface area contributed by atoms with Crippen molar-refractivity contribution in [3.8, 4) is 0 Å². The van der Waals surface area contributed by atoms with Gasteiger partial charge in [0.2, 0.25) is 5.91 Å². The maximum absolute atomic E-state index is 12.9. The van der Waals surface area contributed by atoms with E-state index in [0.717, 1.165) is 44.7 Å². The monoisotopic (exact) mass is 441 g/mol. The largest absolute Gasteiger partial charge is 0.342 e. The van der Waals surface area contributed by atoms with E-state index in [4.69, 9.17) is 0 Å². The molecular formula is C23H31N5O2S. The van der Waals surface area contributed by atoms with Crippen molar-refractivity contribution in [3.05, 3.63) is 47.0 Å². The number of carbonyl (C=O) groups is 2. The average molecular weight is 442 g/mol. The van der Waals surface area contributed by atoms with Crippen LogP contribution in [0.3, 0.4) is 0 Å². The molecule has 0 bridgehead atoms. The lowest BCUT2D eigenvalue weighted by atomic mass is 10.1. The van der Waals surface area contributed by atoms with Crippen LogP contribution in [0.15, 0.2) is 35.7 Å². The van der Waals surface area contributed by atoms with Crippen molar-refractivity contribution in [2.45, 2.75) is 32.7 Å². The third kappa shape index (κ3) is 5.62. The second-order valence-electron chi connectivity index (χ2n) is 8.34. The molecule has 1 aromatic carbocycles. The minimum atomic E-state index is -0.102. The Morgan fingerprint density at radius 2 is 2.13 bits per heavy atom. The summed E-state index contributed by atoms with van der Waals surface area (Å²) in [6.07, 6.45) is 2.33. The molecule has 3 amide bonds. The van der Waals surface area contributed by atoms with Crippen LogP contribution in [0.4, 0.5) is 9.93 Å². The van der Waals surface area contributed by atoms with Crippen molar-refractivity contribution in [2.24, 2.45) is 5.92 Å². The Balaban J connectivity index is 1.28. The highest BCUT2D eigenvalue weighted by Crippen LogP contribution is 2.24. The third-order valence-corrected chi connectivity index (χ3v) is 6.93. The topological polar surface area (TPSA) is 68.8 Å². The average Bonchev–Trinajstić information content (AvgIpc) is 3.42. The van der Waals surface area contributed by atoms with Crippen LogP contribution in [0.2, 0.25) is 0 Å². The highest BCUT2D eigenvalue weighted by molar-refractivity contribution is 7.14. The molecule has 0 aliphatic carbocycles. The number of rotatable bonds is 8. The summed E-state index contributed by atoms with van der Waals surface area (Å²) in [6, 6.07) is 10.5. The van der Waals surface area contributed by atoms with Crippen LogP contribution in [0, 0.1) is 5.92 Å². The fraction of sp³-hybridized carbons (Fsp3) is 0.522. The first-order valence-electron chi connectivity index (χ1n) is 11.2. The zero-order valence-electron chi connectivity index (χ0n) is 18.1. The summed E-state index contributed by atoms with van der Waals surface area (Å²) in [6.45, 7) is 8.02. The number of amides is 3. The van der Waals surface area contributed by atoms with Gasteiger partial charge in [0.15, 0.2) is 5.13 Å². The van der Waals surface area contributed by atoms with E-state index in [0.29, 0.717) is 37.1 Å². The third-order valence-electron chi connectivity index (χ3n) is 6.01. The summed E-state index contributed by atoms with van der Waals surface area (Å²) in [5, 5.41) is 5.42. The maximum Gasteiger partial charge on any atom is 0.323 e. The highest BCUT2D eigenvalue weighted by atomic mass is 32.1. The Hall–Kier alpha value is -2.45. The minimum Gasteiger partial charge on any atom is -0.342 e. The summed E-state index contributed by atoms with van der Waals surface area (Å²) in [7, 11) is 0. The summed E-state index contributed by atoms with van der Waals surface area (Å²) in [5.41, 5.74) is 2.09. The maximum atomic E-state index is 12.9. The molecule has 2 fully saturated rings. The van der Waals surface area contributed by atoms with Gasteiger partial charge in [-0.2, -0.15) is 0 Å². The van der Waals surface area contributed by atoms with Crippen LogP contribution in [0.25, 0.3) is 0 Å². The van der Waals surface area contributed by atoms with Crippen molar-refractivity contribution in [3.63, 3.8) is 0 Å². The van der Waals surface area contributed by atoms with Gasteiger partial charge in [0.1, 0.15) is 0 Å². The normalized spacial score (nSPS) is 19.5. The number of thiazole rings is 1. The molecule has 0 spiro atoms. The molecule has 1 atom stereocenters. The van der Waals surface area contributed by atoms with Gasteiger partial charge in [-0.25, -0.2) is 9.78 Å². The van der Waals surface area contributed by atoms with Crippen molar-refractivity contribution in [1.29, 1.82) is 0 Å². The van der Waals surface area contributed by atoms with Crippen LogP contribution in [-0.4, -0.2) is 66.0 Å². The van der Waals surface area contributed by atoms with Crippen molar-refractivity contribution >= 4 is 28.4 Å². The minimum absolute atomic E-state index is 0.102. The molecular weight excluding hydrogens is 410 g/mol. The van der Waals surface area contributed by atoms with E-state index in [1.54, 1.807) is 4.90 Å². The van der Waals surface area contributed by atoms with Crippen molar-refractivity contribution in [2.75, 3.05) is 44.2 Å². The first-order chi connectivity index (χ1) is 15.1.